The number of nitrogens with zero attached hydrogens (tertiary/aromatic N) is 1. The van der Waals surface area contributed by atoms with Crippen LogP contribution in [0.5, 0.6) is 0 Å². The maximum absolute atomic E-state index is 11.8. The zero-order valence-corrected chi connectivity index (χ0v) is 10.8. The van der Waals surface area contributed by atoms with E-state index in [1.807, 2.05) is 4.90 Å². The van der Waals surface area contributed by atoms with Crippen molar-refractivity contribution in [2.45, 2.75) is 46.0 Å². The lowest BCUT2D eigenvalue weighted by Gasteiger charge is -2.26. The van der Waals surface area contributed by atoms with E-state index in [1.165, 1.54) is 25.7 Å². The van der Waals surface area contributed by atoms with Gasteiger partial charge in [0, 0.05) is 26.1 Å². The summed E-state index contributed by atoms with van der Waals surface area (Å²) in [5.41, 5.74) is 0. The molecule has 1 amide bonds. The van der Waals surface area contributed by atoms with Crippen molar-refractivity contribution in [3.05, 3.63) is 0 Å². The lowest BCUT2D eigenvalue weighted by atomic mass is 10.1. The Morgan fingerprint density at radius 3 is 2.50 bits per heavy atom. The highest BCUT2D eigenvalue weighted by atomic mass is 16.2. The minimum atomic E-state index is 0.330. The second-order valence-corrected chi connectivity index (χ2v) is 5.12. The molecule has 1 rings (SSSR count). The highest BCUT2D eigenvalue weighted by molar-refractivity contribution is 5.76. The largest absolute Gasteiger partial charge is 0.343 e. The Kier molecular flexibility index (Phi) is 6.46. The van der Waals surface area contributed by atoms with Gasteiger partial charge in [0.05, 0.1) is 0 Å². The molecule has 0 aromatic rings. The molecule has 0 bridgehead atoms. The van der Waals surface area contributed by atoms with Crippen molar-refractivity contribution in [3.8, 4) is 0 Å². The second-order valence-electron chi connectivity index (χ2n) is 5.12. The predicted molar refractivity (Wildman–Crippen MR) is 67.4 cm³/mol. The molecule has 3 heteroatoms. The van der Waals surface area contributed by atoms with Crippen molar-refractivity contribution in [3.63, 3.8) is 0 Å². The predicted octanol–water partition coefficient (Wildman–Crippen LogP) is 2.02. The van der Waals surface area contributed by atoms with Gasteiger partial charge in [0.25, 0.3) is 0 Å². The molecule has 0 unspecified atom stereocenters. The summed E-state index contributed by atoms with van der Waals surface area (Å²) >= 11 is 0. The molecule has 0 aliphatic carbocycles. The van der Waals surface area contributed by atoms with Gasteiger partial charge in [-0.2, -0.15) is 0 Å². The van der Waals surface area contributed by atoms with Gasteiger partial charge in [0.15, 0.2) is 0 Å². The molecule has 0 saturated carbocycles. The van der Waals surface area contributed by atoms with Crippen LogP contribution < -0.4 is 5.32 Å². The van der Waals surface area contributed by atoms with Gasteiger partial charge in [-0.1, -0.05) is 13.8 Å². The van der Waals surface area contributed by atoms with Crippen molar-refractivity contribution in [2.75, 3.05) is 26.2 Å². The van der Waals surface area contributed by atoms with E-state index in [-0.39, 0.29) is 0 Å². The summed E-state index contributed by atoms with van der Waals surface area (Å²) in [5, 5.41) is 3.34. The van der Waals surface area contributed by atoms with E-state index in [1.54, 1.807) is 0 Å². The van der Waals surface area contributed by atoms with Crippen LogP contribution >= 0.6 is 0 Å². The molecule has 3 nitrogen and oxygen atoms in total. The summed E-state index contributed by atoms with van der Waals surface area (Å²) in [4.78, 5) is 13.8. The minimum absolute atomic E-state index is 0.330. The number of nitrogens with one attached hydrogen (secondary N) is 1. The Balaban J connectivity index is 2.01. The van der Waals surface area contributed by atoms with Crippen LogP contribution in [-0.2, 0) is 4.79 Å². The van der Waals surface area contributed by atoms with Gasteiger partial charge < -0.3 is 10.2 Å². The van der Waals surface area contributed by atoms with Gasteiger partial charge in [-0.25, -0.2) is 0 Å². The molecule has 0 radical (unpaired) electrons. The second kappa shape index (κ2) is 7.66. The smallest absolute Gasteiger partial charge is 0.223 e. The standard InChI is InChI=1S/C13H26N2O/c1-12(2)6-8-14-9-7-13(16)15-10-4-3-5-11-15/h12,14H,3-11H2,1-2H3. The molecule has 1 N–H and O–H groups in total. The van der Waals surface area contributed by atoms with E-state index in [9.17, 15) is 4.79 Å². The van der Waals surface area contributed by atoms with Gasteiger partial charge in [0.1, 0.15) is 0 Å². The van der Waals surface area contributed by atoms with E-state index in [0.29, 0.717) is 12.3 Å². The highest BCUT2D eigenvalue weighted by Gasteiger charge is 2.15. The van der Waals surface area contributed by atoms with Crippen LogP contribution in [0.2, 0.25) is 0 Å². The number of hydrogen-bond acceptors (Lipinski definition) is 2. The minimum Gasteiger partial charge on any atom is -0.343 e. The molecule has 1 aliphatic rings. The summed E-state index contributed by atoms with van der Waals surface area (Å²) in [7, 11) is 0. The van der Waals surface area contributed by atoms with E-state index in [0.717, 1.165) is 32.1 Å². The number of piperidine rings is 1. The summed E-state index contributed by atoms with van der Waals surface area (Å²) in [6, 6.07) is 0. The van der Waals surface area contributed by atoms with Crippen LogP contribution in [0.15, 0.2) is 0 Å². The molecule has 1 aliphatic heterocycles. The zero-order chi connectivity index (χ0) is 11.8. The number of carbonyl (C=O) groups excluding carboxylic acids is 1. The molecular formula is C13H26N2O. The third-order valence-corrected chi connectivity index (χ3v) is 3.12. The summed E-state index contributed by atoms with van der Waals surface area (Å²) < 4.78 is 0. The molecule has 0 atom stereocenters. The van der Waals surface area contributed by atoms with E-state index < -0.39 is 0 Å². The van der Waals surface area contributed by atoms with Gasteiger partial charge in [-0.05, 0) is 38.1 Å². The molecule has 1 heterocycles. The van der Waals surface area contributed by atoms with Gasteiger partial charge >= 0.3 is 0 Å². The van der Waals surface area contributed by atoms with Crippen LogP contribution in [-0.4, -0.2) is 37.0 Å². The fourth-order valence-electron chi connectivity index (χ4n) is 2.01. The molecular weight excluding hydrogens is 200 g/mol. The topological polar surface area (TPSA) is 32.3 Å². The molecule has 0 spiro atoms. The maximum atomic E-state index is 11.8. The Bertz CT molecular complexity index is 198. The van der Waals surface area contributed by atoms with Gasteiger partial charge in [-0.15, -0.1) is 0 Å². The average molecular weight is 226 g/mol. The van der Waals surface area contributed by atoms with E-state index >= 15 is 0 Å². The first kappa shape index (κ1) is 13.5. The Hall–Kier alpha value is -0.570. The van der Waals surface area contributed by atoms with Crippen molar-refractivity contribution in [1.29, 1.82) is 0 Å². The summed E-state index contributed by atoms with van der Waals surface area (Å²) in [6.07, 6.45) is 5.52. The average Bonchev–Trinajstić information content (AvgIpc) is 2.29. The van der Waals surface area contributed by atoms with E-state index in [2.05, 4.69) is 19.2 Å². The maximum Gasteiger partial charge on any atom is 0.223 e. The van der Waals surface area contributed by atoms with Crippen LogP contribution in [0.25, 0.3) is 0 Å². The number of carbonyl (C=O) groups is 1. The van der Waals surface area contributed by atoms with Crippen molar-refractivity contribution in [1.82, 2.24) is 10.2 Å². The van der Waals surface area contributed by atoms with Gasteiger partial charge in [0.2, 0.25) is 5.91 Å². The zero-order valence-electron chi connectivity index (χ0n) is 10.8. The van der Waals surface area contributed by atoms with Crippen LogP contribution in [0.3, 0.4) is 0 Å². The molecule has 0 aromatic carbocycles. The number of hydrogen-bond donors (Lipinski definition) is 1. The Morgan fingerprint density at radius 1 is 1.19 bits per heavy atom. The third-order valence-electron chi connectivity index (χ3n) is 3.12. The van der Waals surface area contributed by atoms with Crippen LogP contribution in [0.4, 0.5) is 0 Å². The first-order valence-corrected chi connectivity index (χ1v) is 6.68. The molecule has 0 aromatic heterocycles. The van der Waals surface area contributed by atoms with Crippen molar-refractivity contribution in [2.24, 2.45) is 5.92 Å². The fraction of sp³-hybridized carbons (Fsp3) is 0.923. The summed E-state index contributed by atoms with van der Waals surface area (Å²) in [5.74, 6) is 1.07. The lowest BCUT2D eigenvalue weighted by molar-refractivity contribution is -0.131. The molecule has 1 saturated heterocycles. The molecule has 94 valence electrons. The lowest BCUT2D eigenvalue weighted by Crippen LogP contribution is -2.37. The van der Waals surface area contributed by atoms with Crippen molar-refractivity contribution < 1.29 is 4.79 Å². The van der Waals surface area contributed by atoms with Crippen LogP contribution in [0.1, 0.15) is 46.0 Å². The highest BCUT2D eigenvalue weighted by Crippen LogP contribution is 2.09. The Morgan fingerprint density at radius 2 is 1.88 bits per heavy atom. The number of amides is 1. The normalized spacial score (nSPS) is 16.8. The first-order valence-electron chi connectivity index (χ1n) is 6.68. The van der Waals surface area contributed by atoms with Crippen molar-refractivity contribution >= 4 is 5.91 Å². The molecule has 16 heavy (non-hydrogen) atoms. The SMILES string of the molecule is CC(C)CCNCCC(=O)N1CCCCC1. The third kappa shape index (κ3) is 5.50. The fourth-order valence-corrected chi connectivity index (χ4v) is 2.01. The monoisotopic (exact) mass is 226 g/mol. The summed E-state index contributed by atoms with van der Waals surface area (Å²) in [6.45, 7) is 8.27. The van der Waals surface area contributed by atoms with Crippen LogP contribution in [0, 0.1) is 5.92 Å². The van der Waals surface area contributed by atoms with Gasteiger partial charge in [-0.3, -0.25) is 4.79 Å². The first-order chi connectivity index (χ1) is 7.70. The van der Waals surface area contributed by atoms with E-state index in [4.69, 9.17) is 0 Å². The number of rotatable bonds is 6. The number of likely N-dealkylation sites (tertiary alicyclic amines) is 1. The Labute approximate surface area is 99.6 Å². The molecule has 1 fully saturated rings. The quantitative estimate of drug-likeness (QED) is 0.703.